The topological polar surface area (TPSA) is 40.6 Å². The van der Waals surface area contributed by atoms with Crippen LogP contribution in [0.3, 0.4) is 0 Å². The van der Waals surface area contributed by atoms with Gasteiger partial charge in [-0.3, -0.25) is 0 Å². The van der Waals surface area contributed by atoms with Crippen molar-refractivity contribution in [3.05, 3.63) is 34.9 Å². The fourth-order valence-corrected chi connectivity index (χ4v) is 4.21. The van der Waals surface area contributed by atoms with Crippen LogP contribution in [0.15, 0.2) is 24.3 Å². The van der Waals surface area contributed by atoms with Gasteiger partial charge in [0.2, 0.25) is 10.0 Å². The maximum Gasteiger partial charge on any atom is 0.218 e. The third kappa shape index (κ3) is 3.95. The minimum Gasteiger partial charge on any atom is -0.306 e. The van der Waals surface area contributed by atoms with Crippen LogP contribution in [0.1, 0.15) is 18.4 Å². The van der Waals surface area contributed by atoms with Crippen molar-refractivity contribution in [3.63, 3.8) is 0 Å². The van der Waals surface area contributed by atoms with Gasteiger partial charge in [-0.15, -0.1) is 0 Å². The number of nitrogens with zero attached hydrogens (tertiary/aromatic N) is 2. The fourth-order valence-electron chi connectivity index (χ4n) is 2.52. The van der Waals surface area contributed by atoms with E-state index in [0.717, 1.165) is 18.4 Å². The van der Waals surface area contributed by atoms with Gasteiger partial charge in [-0.05, 0) is 44.6 Å². The average Bonchev–Trinajstić information content (AvgIpc) is 2.41. The summed E-state index contributed by atoms with van der Waals surface area (Å²) in [6.45, 7) is 1.22. The molecule has 0 radical (unpaired) electrons. The van der Waals surface area contributed by atoms with Crippen LogP contribution in [0, 0.1) is 0 Å². The molecule has 2 rings (SSSR count). The summed E-state index contributed by atoms with van der Waals surface area (Å²) in [5, 5.41) is 0.623. The summed E-state index contributed by atoms with van der Waals surface area (Å²) in [5.74, 6) is 0.0524. The Morgan fingerprint density at radius 1 is 1.20 bits per heavy atom. The molecular formula is C14H21ClN2O2S. The predicted octanol–water partition coefficient (Wildman–Crippen LogP) is 2.20. The smallest absolute Gasteiger partial charge is 0.218 e. The highest BCUT2D eigenvalue weighted by Gasteiger charge is 2.28. The first-order chi connectivity index (χ1) is 9.38. The summed E-state index contributed by atoms with van der Waals surface area (Å²) in [7, 11) is 0.862. The standard InChI is InChI=1S/C14H21ClN2O2S/c1-16(2)14-7-9-17(10-8-14)20(18,19)11-12-3-5-13(15)6-4-12/h3-6,14H,7-11H2,1-2H3. The molecule has 0 aromatic heterocycles. The number of rotatable bonds is 4. The third-order valence-corrected chi connectivity index (χ3v) is 5.91. The molecular weight excluding hydrogens is 296 g/mol. The van der Waals surface area contributed by atoms with Gasteiger partial charge in [0.05, 0.1) is 5.75 Å². The van der Waals surface area contributed by atoms with Crippen molar-refractivity contribution < 1.29 is 8.42 Å². The molecule has 112 valence electrons. The van der Waals surface area contributed by atoms with Crippen LogP contribution >= 0.6 is 11.6 Å². The summed E-state index contributed by atoms with van der Waals surface area (Å²) >= 11 is 5.81. The second kappa shape index (κ2) is 6.43. The Kier molecular flexibility index (Phi) is 5.07. The molecule has 1 aromatic rings. The number of halogens is 1. The zero-order chi connectivity index (χ0) is 14.8. The molecule has 4 nitrogen and oxygen atoms in total. The lowest BCUT2D eigenvalue weighted by atomic mass is 10.1. The molecule has 0 spiro atoms. The Morgan fingerprint density at radius 2 is 1.75 bits per heavy atom. The molecule has 1 aromatic carbocycles. The second-order valence-corrected chi connectivity index (χ2v) is 7.88. The molecule has 0 saturated carbocycles. The SMILES string of the molecule is CN(C)C1CCN(S(=O)(=O)Cc2ccc(Cl)cc2)CC1. The molecule has 0 N–H and O–H groups in total. The summed E-state index contributed by atoms with van der Waals surface area (Å²) in [6.07, 6.45) is 1.79. The Balaban J connectivity index is 1.99. The van der Waals surface area contributed by atoms with Gasteiger partial charge in [0.25, 0.3) is 0 Å². The fraction of sp³-hybridized carbons (Fsp3) is 0.571. The van der Waals surface area contributed by atoms with E-state index < -0.39 is 10.0 Å². The number of sulfonamides is 1. The van der Waals surface area contributed by atoms with Crippen LogP contribution in [0.25, 0.3) is 0 Å². The van der Waals surface area contributed by atoms with Crippen molar-refractivity contribution in [2.24, 2.45) is 0 Å². The van der Waals surface area contributed by atoms with E-state index >= 15 is 0 Å². The van der Waals surface area contributed by atoms with Gasteiger partial charge in [0.15, 0.2) is 0 Å². The van der Waals surface area contributed by atoms with Gasteiger partial charge in [0, 0.05) is 24.2 Å². The minimum atomic E-state index is -3.23. The molecule has 0 aliphatic carbocycles. The summed E-state index contributed by atoms with van der Waals surface area (Å²) in [4.78, 5) is 2.17. The van der Waals surface area contributed by atoms with E-state index in [0.29, 0.717) is 24.2 Å². The molecule has 1 heterocycles. The van der Waals surface area contributed by atoms with Crippen molar-refractivity contribution in [1.29, 1.82) is 0 Å². The Bertz CT molecular complexity index is 535. The molecule has 1 aliphatic rings. The van der Waals surface area contributed by atoms with Gasteiger partial charge in [-0.2, -0.15) is 0 Å². The number of hydrogen-bond acceptors (Lipinski definition) is 3. The van der Waals surface area contributed by atoms with Crippen molar-refractivity contribution in [2.45, 2.75) is 24.6 Å². The minimum absolute atomic E-state index is 0.0524. The largest absolute Gasteiger partial charge is 0.306 e. The number of benzene rings is 1. The first kappa shape index (κ1) is 15.8. The zero-order valence-corrected chi connectivity index (χ0v) is 13.5. The van der Waals surface area contributed by atoms with Crippen LogP contribution in [0.4, 0.5) is 0 Å². The van der Waals surface area contributed by atoms with Gasteiger partial charge in [-0.1, -0.05) is 23.7 Å². The summed E-state index contributed by atoms with van der Waals surface area (Å²) in [6, 6.07) is 7.48. The van der Waals surface area contributed by atoms with Crippen molar-refractivity contribution in [1.82, 2.24) is 9.21 Å². The first-order valence-electron chi connectivity index (χ1n) is 6.77. The molecule has 1 saturated heterocycles. The van der Waals surface area contributed by atoms with Gasteiger partial charge < -0.3 is 4.90 Å². The molecule has 6 heteroatoms. The third-order valence-electron chi connectivity index (χ3n) is 3.81. The van der Waals surface area contributed by atoms with E-state index in [1.165, 1.54) is 0 Å². The van der Waals surface area contributed by atoms with E-state index in [4.69, 9.17) is 11.6 Å². The van der Waals surface area contributed by atoms with Gasteiger partial charge >= 0.3 is 0 Å². The van der Waals surface area contributed by atoms with Gasteiger partial charge in [0.1, 0.15) is 0 Å². The van der Waals surface area contributed by atoms with Gasteiger partial charge in [-0.25, -0.2) is 12.7 Å². The van der Waals surface area contributed by atoms with Crippen LogP contribution in [0.2, 0.25) is 5.02 Å². The lowest BCUT2D eigenvalue weighted by molar-refractivity contribution is 0.196. The van der Waals surface area contributed by atoms with E-state index in [1.54, 1.807) is 28.6 Å². The van der Waals surface area contributed by atoms with Crippen LogP contribution in [-0.4, -0.2) is 50.8 Å². The summed E-state index contributed by atoms with van der Waals surface area (Å²) in [5.41, 5.74) is 0.782. The highest BCUT2D eigenvalue weighted by Crippen LogP contribution is 2.20. The Hall–Kier alpha value is -0.620. The highest BCUT2D eigenvalue weighted by molar-refractivity contribution is 7.88. The van der Waals surface area contributed by atoms with Crippen molar-refractivity contribution in [3.8, 4) is 0 Å². The van der Waals surface area contributed by atoms with E-state index in [1.807, 2.05) is 14.1 Å². The second-order valence-electron chi connectivity index (χ2n) is 5.48. The van der Waals surface area contributed by atoms with Crippen LogP contribution in [0.5, 0.6) is 0 Å². The molecule has 1 aliphatic heterocycles. The molecule has 0 unspecified atom stereocenters. The maximum atomic E-state index is 12.4. The number of hydrogen-bond donors (Lipinski definition) is 0. The van der Waals surface area contributed by atoms with E-state index in [-0.39, 0.29) is 5.75 Å². The molecule has 0 bridgehead atoms. The van der Waals surface area contributed by atoms with Crippen LogP contribution < -0.4 is 0 Å². The maximum absolute atomic E-state index is 12.4. The monoisotopic (exact) mass is 316 g/mol. The molecule has 1 fully saturated rings. The normalized spacial score (nSPS) is 18.6. The van der Waals surface area contributed by atoms with Crippen molar-refractivity contribution >= 4 is 21.6 Å². The first-order valence-corrected chi connectivity index (χ1v) is 8.76. The van der Waals surface area contributed by atoms with Crippen LogP contribution in [-0.2, 0) is 15.8 Å². The average molecular weight is 317 g/mol. The predicted molar refractivity (Wildman–Crippen MR) is 82.4 cm³/mol. The lowest BCUT2D eigenvalue weighted by Crippen LogP contribution is -2.44. The van der Waals surface area contributed by atoms with E-state index in [2.05, 4.69) is 4.90 Å². The Morgan fingerprint density at radius 3 is 2.25 bits per heavy atom. The lowest BCUT2D eigenvalue weighted by Gasteiger charge is -2.34. The number of piperidine rings is 1. The molecule has 20 heavy (non-hydrogen) atoms. The zero-order valence-electron chi connectivity index (χ0n) is 11.9. The highest BCUT2D eigenvalue weighted by atomic mass is 35.5. The van der Waals surface area contributed by atoms with E-state index in [9.17, 15) is 8.42 Å². The Labute approximate surface area is 126 Å². The quantitative estimate of drug-likeness (QED) is 0.855. The molecule has 0 atom stereocenters. The summed E-state index contributed by atoms with van der Waals surface area (Å²) < 4.78 is 26.4. The molecule has 0 amide bonds. The van der Waals surface area contributed by atoms with Crippen molar-refractivity contribution in [2.75, 3.05) is 27.2 Å².